The summed E-state index contributed by atoms with van der Waals surface area (Å²) in [5.41, 5.74) is 7.94. The van der Waals surface area contributed by atoms with Crippen LogP contribution in [-0.2, 0) is 6.54 Å². The van der Waals surface area contributed by atoms with E-state index in [0.717, 1.165) is 17.8 Å². The molecule has 2 N–H and O–H groups in total. The summed E-state index contributed by atoms with van der Waals surface area (Å²) in [6, 6.07) is 7.05. The first kappa shape index (κ1) is 12.4. The van der Waals surface area contributed by atoms with Crippen LogP contribution in [0.4, 0.5) is 0 Å². The zero-order valence-corrected chi connectivity index (χ0v) is 10.9. The van der Waals surface area contributed by atoms with Gasteiger partial charge in [-0.25, -0.2) is 0 Å². The lowest BCUT2D eigenvalue weighted by molar-refractivity contribution is 0.601. The molecule has 0 aliphatic carbocycles. The molecule has 0 amide bonds. The molecule has 0 saturated carbocycles. The third-order valence-corrected chi connectivity index (χ3v) is 3.52. The van der Waals surface area contributed by atoms with Crippen molar-refractivity contribution in [2.24, 2.45) is 5.73 Å². The van der Waals surface area contributed by atoms with E-state index in [1.807, 2.05) is 29.8 Å². The predicted molar refractivity (Wildman–Crippen MR) is 70.4 cm³/mol. The van der Waals surface area contributed by atoms with Crippen molar-refractivity contribution in [1.29, 1.82) is 0 Å². The van der Waals surface area contributed by atoms with Gasteiger partial charge in [-0.2, -0.15) is 5.10 Å². The van der Waals surface area contributed by atoms with E-state index in [9.17, 15) is 0 Å². The van der Waals surface area contributed by atoms with E-state index >= 15 is 0 Å². The van der Waals surface area contributed by atoms with Crippen LogP contribution in [0.3, 0.4) is 0 Å². The first-order chi connectivity index (χ1) is 8.15. The van der Waals surface area contributed by atoms with Crippen LogP contribution < -0.4 is 5.73 Å². The minimum atomic E-state index is -0.316. The molecule has 3 nitrogen and oxygen atoms in total. The lowest BCUT2D eigenvalue weighted by Crippen LogP contribution is -2.17. The summed E-state index contributed by atoms with van der Waals surface area (Å²) in [5.74, 6) is 0. The van der Waals surface area contributed by atoms with E-state index < -0.39 is 0 Å². The molecule has 0 saturated heterocycles. The van der Waals surface area contributed by atoms with Crippen molar-refractivity contribution in [3.05, 3.63) is 51.8 Å². The van der Waals surface area contributed by atoms with Gasteiger partial charge in [0.25, 0.3) is 0 Å². The summed E-state index contributed by atoms with van der Waals surface area (Å²) in [6.45, 7) is 2.79. The van der Waals surface area contributed by atoms with Gasteiger partial charge in [-0.15, -0.1) is 0 Å². The molecule has 0 radical (unpaired) electrons. The standard InChI is InChI=1S/C12H13Cl2N3/c1-2-17-10(6-7-16-17)12(15)8-4-3-5-9(13)11(8)14/h3-7,12H,2,15H2,1H3. The van der Waals surface area contributed by atoms with Gasteiger partial charge in [0.05, 0.1) is 21.8 Å². The summed E-state index contributed by atoms with van der Waals surface area (Å²) in [5, 5.41) is 5.21. The molecule has 0 fully saturated rings. The molecule has 0 aliphatic heterocycles. The molecule has 1 aromatic carbocycles. The second-order valence-corrected chi connectivity index (χ2v) is 4.48. The highest BCUT2D eigenvalue weighted by molar-refractivity contribution is 6.42. The third-order valence-electron chi connectivity index (χ3n) is 2.68. The Balaban J connectivity index is 2.44. The number of benzene rings is 1. The van der Waals surface area contributed by atoms with Crippen molar-refractivity contribution < 1.29 is 0 Å². The molecule has 1 heterocycles. The van der Waals surface area contributed by atoms with Gasteiger partial charge in [-0.1, -0.05) is 35.3 Å². The van der Waals surface area contributed by atoms with Crippen LogP contribution in [0.1, 0.15) is 24.2 Å². The summed E-state index contributed by atoms with van der Waals surface area (Å²) in [4.78, 5) is 0. The minimum absolute atomic E-state index is 0.316. The average molecular weight is 270 g/mol. The van der Waals surface area contributed by atoms with Gasteiger partial charge in [0, 0.05) is 12.7 Å². The Morgan fingerprint density at radius 1 is 1.35 bits per heavy atom. The highest BCUT2D eigenvalue weighted by Gasteiger charge is 2.17. The maximum Gasteiger partial charge on any atom is 0.0738 e. The first-order valence-electron chi connectivity index (χ1n) is 5.36. The van der Waals surface area contributed by atoms with Crippen LogP contribution in [0.25, 0.3) is 0 Å². The molecular weight excluding hydrogens is 257 g/mol. The minimum Gasteiger partial charge on any atom is -0.319 e. The highest BCUT2D eigenvalue weighted by atomic mass is 35.5. The number of aromatic nitrogens is 2. The molecule has 5 heteroatoms. The fourth-order valence-corrected chi connectivity index (χ4v) is 2.22. The largest absolute Gasteiger partial charge is 0.319 e. The molecular formula is C12H13Cl2N3. The van der Waals surface area contributed by atoms with Crippen molar-refractivity contribution >= 4 is 23.2 Å². The Morgan fingerprint density at radius 2 is 2.12 bits per heavy atom. The zero-order chi connectivity index (χ0) is 12.4. The maximum absolute atomic E-state index is 6.20. The van der Waals surface area contributed by atoms with E-state index in [-0.39, 0.29) is 6.04 Å². The average Bonchev–Trinajstić information content (AvgIpc) is 2.80. The number of nitrogens with two attached hydrogens (primary N) is 1. The monoisotopic (exact) mass is 269 g/mol. The third kappa shape index (κ3) is 2.32. The second kappa shape index (κ2) is 5.08. The van der Waals surface area contributed by atoms with Crippen molar-refractivity contribution in [2.45, 2.75) is 19.5 Å². The topological polar surface area (TPSA) is 43.8 Å². The molecule has 90 valence electrons. The molecule has 1 aromatic heterocycles. The lowest BCUT2D eigenvalue weighted by Gasteiger charge is -2.15. The first-order valence-corrected chi connectivity index (χ1v) is 6.12. The number of rotatable bonds is 3. The predicted octanol–water partition coefficient (Wildman–Crippen LogP) is 3.26. The van der Waals surface area contributed by atoms with Crippen LogP contribution in [-0.4, -0.2) is 9.78 Å². The van der Waals surface area contributed by atoms with E-state index in [2.05, 4.69) is 5.10 Å². The normalized spacial score (nSPS) is 12.7. The van der Waals surface area contributed by atoms with Crippen LogP contribution >= 0.6 is 23.2 Å². The number of hydrogen-bond acceptors (Lipinski definition) is 2. The van der Waals surface area contributed by atoms with Gasteiger partial charge in [-0.05, 0) is 24.6 Å². The summed E-state index contributed by atoms with van der Waals surface area (Å²) in [6.07, 6.45) is 1.73. The van der Waals surface area contributed by atoms with Crippen molar-refractivity contribution in [3.8, 4) is 0 Å². The molecule has 1 atom stereocenters. The van der Waals surface area contributed by atoms with E-state index in [0.29, 0.717) is 10.0 Å². The maximum atomic E-state index is 6.20. The highest BCUT2D eigenvalue weighted by Crippen LogP contribution is 2.31. The number of hydrogen-bond donors (Lipinski definition) is 1. The van der Waals surface area contributed by atoms with Crippen LogP contribution in [0, 0.1) is 0 Å². The van der Waals surface area contributed by atoms with Gasteiger partial charge in [0.15, 0.2) is 0 Å². The van der Waals surface area contributed by atoms with Crippen LogP contribution in [0.2, 0.25) is 10.0 Å². The Hall–Kier alpha value is -1.03. The van der Waals surface area contributed by atoms with Crippen LogP contribution in [0.15, 0.2) is 30.5 Å². The second-order valence-electron chi connectivity index (χ2n) is 3.69. The molecule has 17 heavy (non-hydrogen) atoms. The van der Waals surface area contributed by atoms with Gasteiger partial charge >= 0.3 is 0 Å². The Labute approximate surface area is 110 Å². The zero-order valence-electron chi connectivity index (χ0n) is 9.40. The van der Waals surface area contributed by atoms with Gasteiger partial charge in [0.1, 0.15) is 0 Å². The van der Waals surface area contributed by atoms with E-state index in [4.69, 9.17) is 28.9 Å². The fourth-order valence-electron chi connectivity index (χ4n) is 1.79. The van der Waals surface area contributed by atoms with Crippen molar-refractivity contribution in [1.82, 2.24) is 9.78 Å². The van der Waals surface area contributed by atoms with Gasteiger partial charge in [-0.3, -0.25) is 4.68 Å². The van der Waals surface area contributed by atoms with Gasteiger partial charge in [0.2, 0.25) is 0 Å². The number of aryl methyl sites for hydroxylation is 1. The molecule has 2 aromatic rings. The smallest absolute Gasteiger partial charge is 0.0738 e. The molecule has 2 rings (SSSR count). The molecule has 0 aliphatic rings. The van der Waals surface area contributed by atoms with Crippen LogP contribution in [0.5, 0.6) is 0 Å². The molecule has 1 unspecified atom stereocenters. The van der Waals surface area contributed by atoms with Crippen molar-refractivity contribution in [2.75, 3.05) is 0 Å². The Kier molecular flexibility index (Phi) is 3.72. The molecule has 0 bridgehead atoms. The fraction of sp³-hybridized carbons (Fsp3) is 0.250. The molecule has 0 spiro atoms. The summed E-state index contributed by atoms with van der Waals surface area (Å²) < 4.78 is 1.85. The summed E-state index contributed by atoms with van der Waals surface area (Å²) >= 11 is 12.1. The summed E-state index contributed by atoms with van der Waals surface area (Å²) in [7, 11) is 0. The Bertz CT molecular complexity index is 522. The van der Waals surface area contributed by atoms with Crippen molar-refractivity contribution in [3.63, 3.8) is 0 Å². The van der Waals surface area contributed by atoms with E-state index in [1.54, 1.807) is 12.3 Å². The van der Waals surface area contributed by atoms with Gasteiger partial charge < -0.3 is 5.73 Å². The number of nitrogens with zero attached hydrogens (tertiary/aromatic N) is 2. The lowest BCUT2D eigenvalue weighted by atomic mass is 10.0. The Morgan fingerprint density at radius 3 is 2.82 bits per heavy atom. The quantitative estimate of drug-likeness (QED) is 0.930. The van der Waals surface area contributed by atoms with E-state index in [1.165, 1.54) is 0 Å². The SMILES string of the molecule is CCn1nccc1C(N)c1cccc(Cl)c1Cl. The number of halogens is 2.